The average Bonchev–Trinajstić information content (AvgIpc) is 2.78. The Morgan fingerprint density at radius 1 is 0.606 bits per heavy atom. The summed E-state index contributed by atoms with van der Waals surface area (Å²) >= 11 is 0. The Hall–Kier alpha value is -0.770. The Balaban J connectivity index is -0.00000450. The van der Waals surface area contributed by atoms with Crippen LogP contribution in [0.5, 0.6) is 0 Å². The molecule has 33 heavy (non-hydrogen) atoms. The third kappa shape index (κ3) is 29.2. The molecule has 0 aromatic heterocycles. The molecule has 1 N–H and O–H groups in total. The molecule has 0 saturated carbocycles. The van der Waals surface area contributed by atoms with E-state index in [0.717, 1.165) is 38.5 Å². The first-order valence-corrected chi connectivity index (χ1v) is 11.9. The third-order valence-electron chi connectivity index (χ3n) is 4.45. The highest BCUT2D eigenvalue weighted by Crippen LogP contribution is 2.03. The fourth-order valence-corrected chi connectivity index (χ4v) is 2.37. The molecule has 1 unspecified atom stereocenters. The molecule has 0 heterocycles. The highest BCUT2D eigenvalue weighted by atomic mass is 16.5. The summed E-state index contributed by atoms with van der Waals surface area (Å²) in [5.74, 6) is -0.150. The fraction of sp³-hybridized carbons (Fsp3) is 0.960. The largest absolute Gasteiger partial charge is 0.465 e. The minimum atomic E-state index is -0.124. The maximum absolute atomic E-state index is 11.5. The van der Waals surface area contributed by atoms with Gasteiger partial charge < -0.3 is 33.5 Å². The first-order chi connectivity index (χ1) is 15.2. The van der Waals surface area contributed by atoms with Crippen molar-refractivity contribution in [1.29, 1.82) is 0 Å². The second-order valence-electron chi connectivity index (χ2n) is 7.38. The number of aliphatic hydroxyl groups is 1. The summed E-state index contributed by atoms with van der Waals surface area (Å²) in [5, 5.41) is 8.62. The molecular weight excluding hydrogens is 428 g/mol. The maximum atomic E-state index is 11.5. The molecule has 202 valence electrons. The van der Waals surface area contributed by atoms with E-state index in [1.165, 1.54) is 0 Å². The third-order valence-corrected chi connectivity index (χ3v) is 4.45. The van der Waals surface area contributed by atoms with Gasteiger partial charge in [-0.3, -0.25) is 4.79 Å². The van der Waals surface area contributed by atoms with Gasteiger partial charge in [-0.05, 0) is 38.5 Å². The summed E-state index contributed by atoms with van der Waals surface area (Å²) in [5.41, 5.74) is 0. The van der Waals surface area contributed by atoms with Crippen LogP contribution in [0.2, 0.25) is 0 Å². The number of hydrogen-bond acceptors (Lipinski definition) is 8. The average molecular weight is 483 g/mol. The van der Waals surface area contributed by atoms with Crippen LogP contribution in [0.3, 0.4) is 0 Å². The molecular formula is C25H54O8. The predicted molar refractivity (Wildman–Crippen MR) is 133 cm³/mol. The van der Waals surface area contributed by atoms with E-state index in [1.807, 2.05) is 13.8 Å². The van der Waals surface area contributed by atoms with Gasteiger partial charge in [0.25, 0.3) is 0 Å². The Morgan fingerprint density at radius 3 is 1.21 bits per heavy atom. The van der Waals surface area contributed by atoms with Crippen molar-refractivity contribution >= 4 is 5.97 Å². The van der Waals surface area contributed by atoms with Gasteiger partial charge in [-0.1, -0.05) is 28.7 Å². The Bertz CT molecular complexity index is 368. The van der Waals surface area contributed by atoms with E-state index in [-0.39, 0.29) is 33.3 Å². The normalized spacial score (nSPS) is 11.5. The molecule has 0 radical (unpaired) electrons. The van der Waals surface area contributed by atoms with Crippen LogP contribution in [0.25, 0.3) is 0 Å². The first kappa shape index (κ1) is 36.8. The number of hydrogen-bond donors (Lipinski definition) is 1. The summed E-state index contributed by atoms with van der Waals surface area (Å²) in [6.45, 7) is 11.2. The summed E-state index contributed by atoms with van der Waals surface area (Å²) < 4.78 is 32.6. The summed E-state index contributed by atoms with van der Waals surface area (Å²) in [6, 6.07) is 0. The Kier molecular flexibility index (Phi) is 34.8. The van der Waals surface area contributed by atoms with Gasteiger partial charge in [-0.2, -0.15) is 0 Å². The van der Waals surface area contributed by atoms with Crippen LogP contribution < -0.4 is 0 Å². The molecule has 0 aliphatic heterocycles. The van der Waals surface area contributed by atoms with Gasteiger partial charge in [0.2, 0.25) is 0 Å². The van der Waals surface area contributed by atoms with Crippen molar-refractivity contribution in [3.63, 3.8) is 0 Å². The molecule has 0 rings (SSSR count). The van der Waals surface area contributed by atoms with Crippen molar-refractivity contribution in [1.82, 2.24) is 0 Å². The highest BCUT2D eigenvalue weighted by Gasteiger charge is 2.10. The summed E-state index contributed by atoms with van der Waals surface area (Å²) in [4.78, 5) is 11.5. The van der Waals surface area contributed by atoms with E-state index in [1.54, 1.807) is 0 Å². The van der Waals surface area contributed by atoms with Crippen LogP contribution in [0.15, 0.2) is 0 Å². The topological polar surface area (TPSA) is 92.7 Å². The number of aliphatic hydroxyl groups excluding tert-OH is 1. The van der Waals surface area contributed by atoms with Crippen molar-refractivity contribution in [3.05, 3.63) is 0 Å². The van der Waals surface area contributed by atoms with E-state index in [9.17, 15) is 4.79 Å². The zero-order chi connectivity index (χ0) is 22.8. The molecule has 0 bridgehead atoms. The number of rotatable bonds is 25. The molecule has 0 spiro atoms. The Morgan fingerprint density at radius 2 is 0.909 bits per heavy atom. The lowest BCUT2D eigenvalue weighted by molar-refractivity contribution is -0.148. The molecule has 0 aromatic carbocycles. The minimum absolute atomic E-state index is 0. The molecule has 8 nitrogen and oxygen atoms in total. The molecule has 1 atom stereocenters. The summed E-state index contributed by atoms with van der Waals surface area (Å²) in [7, 11) is 0. The minimum Gasteiger partial charge on any atom is -0.465 e. The lowest BCUT2D eigenvalue weighted by Gasteiger charge is -2.09. The van der Waals surface area contributed by atoms with Crippen LogP contribution in [-0.2, 0) is 33.2 Å². The molecule has 0 saturated heterocycles. The lowest BCUT2D eigenvalue weighted by Crippen LogP contribution is -2.15. The van der Waals surface area contributed by atoms with Crippen molar-refractivity contribution in [3.8, 4) is 0 Å². The molecule has 0 aliphatic carbocycles. The van der Waals surface area contributed by atoms with Gasteiger partial charge in [0.15, 0.2) is 0 Å². The second-order valence-corrected chi connectivity index (χ2v) is 7.38. The van der Waals surface area contributed by atoms with Crippen LogP contribution >= 0.6 is 0 Å². The molecule has 0 amide bonds. The van der Waals surface area contributed by atoms with Gasteiger partial charge in [0.1, 0.15) is 0 Å². The van der Waals surface area contributed by atoms with Gasteiger partial charge >= 0.3 is 5.97 Å². The zero-order valence-corrected chi connectivity index (χ0v) is 19.8. The second kappa shape index (κ2) is 31.2. The highest BCUT2D eigenvalue weighted by molar-refractivity contribution is 5.71. The van der Waals surface area contributed by atoms with Crippen molar-refractivity contribution < 1.29 is 38.3 Å². The van der Waals surface area contributed by atoms with Gasteiger partial charge in [0.05, 0.1) is 12.5 Å². The monoisotopic (exact) mass is 482 g/mol. The van der Waals surface area contributed by atoms with E-state index in [0.29, 0.717) is 79.1 Å². The van der Waals surface area contributed by atoms with E-state index in [4.69, 9.17) is 33.5 Å². The number of ether oxygens (including phenoxy) is 6. The number of carbonyl (C=O) groups is 1. The quantitative estimate of drug-likeness (QED) is 0.152. The van der Waals surface area contributed by atoms with Gasteiger partial charge in [-0.25, -0.2) is 0 Å². The number of carbonyl (C=O) groups excluding carboxylic acids is 1. The van der Waals surface area contributed by atoms with Crippen LogP contribution in [-0.4, -0.2) is 90.4 Å². The smallest absolute Gasteiger partial charge is 0.308 e. The van der Waals surface area contributed by atoms with Crippen molar-refractivity contribution in [2.75, 3.05) is 79.3 Å². The predicted octanol–water partition coefficient (Wildman–Crippen LogP) is 4.26. The van der Waals surface area contributed by atoms with Crippen LogP contribution in [0, 0.1) is 5.92 Å². The fourth-order valence-electron chi connectivity index (χ4n) is 2.37. The van der Waals surface area contributed by atoms with E-state index >= 15 is 0 Å². The lowest BCUT2D eigenvalue weighted by atomic mass is 10.1. The summed E-state index contributed by atoms with van der Waals surface area (Å²) in [6.07, 6.45) is 5.73. The Labute approximate surface area is 203 Å². The molecule has 8 heteroatoms. The van der Waals surface area contributed by atoms with Crippen LogP contribution in [0.4, 0.5) is 0 Å². The van der Waals surface area contributed by atoms with E-state index < -0.39 is 0 Å². The van der Waals surface area contributed by atoms with Crippen molar-refractivity contribution in [2.45, 2.75) is 73.6 Å². The van der Waals surface area contributed by atoms with Crippen molar-refractivity contribution in [2.24, 2.45) is 5.92 Å². The number of esters is 1. The zero-order valence-electron chi connectivity index (χ0n) is 19.8. The van der Waals surface area contributed by atoms with Gasteiger partial charge in [0, 0.05) is 79.1 Å². The molecule has 0 aliphatic rings. The first-order valence-electron chi connectivity index (χ1n) is 11.9. The SMILES string of the molecule is C.C.CCC(C)C(=O)OCCCOCCCOCCCOCCCOCCCOCCCO. The molecule has 0 fully saturated rings. The standard InChI is InChI=1S/C23H46O8.2CH4/c1-3-22(2)23(25)31-21-9-20-30-19-8-18-29-17-7-16-28-15-6-14-27-13-5-12-26-11-4-10-24;;/h22,24H,3-21H2,1-2H3;2*1H4. The maximum Gasteiger partial charge on any atom is 0.308 e. The molecule has 0 aromatic rings. The van der Waals surface area contributed by atoms with Crippen LogP contribution in [0.1, 0.15) is 73.6 Å². The van der Waals surface area contributed by atoms with Gasteiger partial charge in [-0.15, -0.1) is 0 Å². The van der Waals surface area contributed by atoms with E-state index in [2.05, 4.69) is 0 Å².